The van der Waals surface area contributed by atoms with Gasteiger partial charge < -0.3 is 5.11 Å². The molecule has 2 nitrogen and oxygen atoms in total. The van der Waals surface area contributed by atoms with Crippen molar-refractivity contribution in [3.63, 3.8) is 0 Å². The highest BCUT2D eigenvalue weighted by Gasteiger charge is 2.62. The van der Waals surface area contributed by atoms with Gasteiger partial charge in [0.1, 0.15) is 5.60 Å². The monoisotopic (exact) mass is 280 g/mol. The summed E-state index contributed by atoms with van der Waals surface area (Å²) in [4.78, 5) is 12.8. The molecule has 3 aliphatic carbocycles. The molecule has 2 bridgehead atoms. The van der Waals surface area contributed by atoms with Crippen LogP contribution in [0.5, 0.6) is 0 Å². The first-order valence-electron chi connectivity index (χ1n) is 6.72. The zero-order valence-electron chi connectivity index (χ0n) is 11.5. The lowest BCUT2D eigenvalue weighted by molar-refractivity contribution is -0.159. The topological polar surface area (TPSA) is 37.3 Å². The molecule has 1 N–H and O–H groups in total. The fourth-order valence-electron chi connectivity index (χ4n) is 3.81. The van der Waals surface area contributed by atoms with Gasteiger partial charge in [0.15, 0.2) is 5.78 Å². The van der Waals surface area contributed by atoms with Crippen LogP contribution in [-0.2, 0) is 4.79 Å². The summed E-state index contributed by atoms with van der Waals surface area (Å²) in [7, 11) is 0. The molecule has 0 aliphatic heterocycles. The second-order valence-corrected chi connectivity index (χ2v) is 6.00. The third kappa shape index (κ3) is 1.85. The molecule has 0 heterocycles. The summed E-state index contributed by atoms with van der Waals surface area (Å²) in [5.74, 6) is -0.214. The molecule has 0 aromatic carbocycles. The van der Waals surface area contributed by atoms with Crippen molar-refractivity contribution in [3.8, 4) is 0 Å². The van der Waals surface area contributed by atoms with E-state index in [1.165, 1.54) is 0 Å². The molecule has 3 heteroatoms. The molecule has 3 aliphatic rings. The fourth-order valence-corrected chi connectivity index (χ4v) is 4.12. The van der Waals surface area contributed by atoms with E-state index in [1.54, 1.807) is 6.08 Å². The summed E-state index contributed by atoms with van der Waals surface area (Å²) in [6, 6.07) is 0. The first-order chi connectivity index (χ1) is 8.96. The van der Waals surface area contributed by atoms with Crippen molar-refractivity contribution < 1.29 is 9.90 Å². The van der Waals surface area contributed by atoms with Gasteiger partial charge in [-0.15, -0.1) is 18.2 Å². The van der Waals surface area contributed by atoms with Gasteiger partial charge in [0.2, 0.25) is 0 Å². The van der Waals surface area contributed by atoms with Crippen LogP contribution in [0, 0.1) is 17.3 Å². The molecule has 4 atom stereocenters. The van der Waals surface area contributed by atoms with Crippen molar-refractivity contribution >= 4 is 17.4 Å². The smallest absolute Gasteiger partial charge is 0.176 e. The normalized spacial score (nSPS) is 41.7. The van der Waals surface area contributed by atoms with Crippen LogP contribution in [0.1, 0.15) is 26.7 Å². The number of Topliss-reactive ketones (excluding diaryl/α,β-unsaturated/α-hetero) is 1. The van der Waals surface area contributed by atoms with Gasteiger partial charge in [-0.25, -0.2) is 0 Å². The van der Waals surface area contributed by atoms with Crippen LogP contribution >= 0.6 is 11.6 Å². The first-order valence-corrected chi connectivity index (χ1v) is 7.26. The van der Waals surface area contributed by atoms with Gasteiger partial charge in [-0.1, -0.05) is 29.9 Å². The number of aliphatic hydroxyl groups is 1. The SMILES string of the molecule is C=CC[C@]12C=C(C)[C@H](C[C@@H]1/C=C/C)[C@@](O)(CCl)C2=O. The Bertz CT molecular complexity index is 465. The number of alkyl halides is 1. The summed E-state index contributed by atoms with van der Waals surface area (Å²) in [5, 5.41) is 10.7. The molecule has 0 unspecified atom stereocenters. The number of fused-ring (bicyclic) bond motifs is 2. The minimum Gasteiger partial charge on any atom is -0.380 e. The third-order valence-corrected chi connectivity index (χ3v) is 5.10. The number of carbonyl (C=O) groups is 1. The van der Waals surface area contributed by atoms with Crippen LogP contribution in [0.15, 0.2) is 36.5 Å². The van der Waals surface area contributed by atoms with Gasteiger partial charge in [0.25, 0.3) is 0 Å². The van der Waals surface area contributed by atoms with E-state index in [-0.39, 0.29) is 23.5 Å². The number of ketones is 1. The number of carbonyl (C=O) groups excluding carboxylic acids is 1. The highest BCUT2D eigenvalue weighted by atomic mass is 35.5. The molecule has 0 aromatic heterocycles. The van der Waals surface area contributed by atoms with Crippen molar-refractivity contribution in [1.29, 1.82) is 0 Å². The lowest BCUT2D eigenvalue weighted by Gasteiger charge is -2.54. The van der Waals surface area contributed by atoms with E-state index in [0.29, 0.717) is 6.42 Å². The van der Waals surface area contributed by atoms with Crippen LogP contribution in [-0.4, -0.2) is 22.4 Å². The average molecular weight is 281 g/mol. The van der Waals surface area contributed by atoms with E-state index < -0.39 is 11.0 Å². The number of halogens is 1. The molecule has 104 valence electrons. The number of allylic oxidation sites excluding steroid dienone is 4. The molecule has 0 aromatic rings. The van der Waals surface area contributed by atoms with Crippen molar-refractivity contribution in [1.82, 2.24) is 0 Å². The summed E-state index contributed by atoms with van der Waals surface area (Å²) < 4.78 is 0. The summed E-state index contributed by atoms with van der Waals surface area (Å²) in [6.45, 7) is 7.71. The van der Waals surface area contributed by atoms with Crippen LogP contribution in [0.3, 0.4) is 0 Å². The van der Waals surface area contributed by atoms with Crippen molar-refractivity contribution in [2.75, 3.05) is 5.88 Å². The lowest BCUT2D eigenvalue weighted by atomic mass is 9.50. The van der Waals surface area contributed by atoms with E-state index >= 15 is 0 Å². The average Bonchev–Trinajstić information content (AvgIpc) is 2.38. The predicted molar refractivity (Wildman–Crippen MR) is 78.1 cm³/mol. The van der Waals surface area contributed by atoms with Gasteiger partial charge in [0, 0.05) is 5.92 Å². The zero-order chi connectivity index (χ0) is 14.3. The van der Waals surface area contributed by atoms with Crippen LogP contribution in [0.4, 0.5) is 0 Å². The van der Waals surface area contributed by atoms with E-state index in [4.69, 9.17) is 11.6 Å². The first kappa shape index (κ1) is 14.5. The largest absolute Gasteiger partial charge is 0.380 e. The highest BCUT2D eigenvalue weighted by molar-refractivity contribution is 6.21. The Morgan fingerprint density at radius 3 is 2.84 bits per heavy atom. The quantitative estimate of drug-likeness (QED) is 0.634. The van der Waals surface area contributed by atoms with E-state index in [0.717, 1.165) is 12.0 Å². The maximum Gasteiger partial charge on any atom is 0.176 e. The Balaban J connectivity index is 2.60. The number of hydrogen-bond donors (Lipinski definition) is 1. The molecule has 0 spiro atoms. The molecule has 0 amide bonds. The van der Waals surface area contributed by atoms with Crippen LogP contribution in [0.2, 0.25) is 0 Å². The van der Waals surface area contributed by atoms with Gasteiger partial charge in [-0.05, 0) is 32.6 Å². The van der Waals surface area contributed by atoms with E-state index in [1.807, 2.05) is 26.0 Å². The number of rotatable bonds is 4. The Kier molecular flexibility index (Phi) is 3.76. The summed E-state index contributed by atoms with van der Waals surface area (Å²) in [6.07, 6.45) is 9.17. The minimum atomic E-state index is -1.42. The van der Waals surface area contributed by atoms with E-state index in [2.05, 4.69) is 12.7 Å². The predicted octanol–water partition coefficient (Wildman–Crippen LogP) is 3.26. The standard InChI is InChI=1S/C16H21ClO2/c1-4-6-12-8-13-11(3)9-15(12,7-5-2)14(18)16(13,19)10-17/h4-6,9,12-13,19H,2,7-8,10H2,1,3H3/b6-4+/t12-,13-,15-,16-/m0/s1. The Labute approximate surface area is 119 Å². The van der Waals surface area contributed by atoms with Crippen molar-refractivity contribution in [2.24, 2.45) is 17.3 Å². The van der Waals surface area contributed by atoms with Crippen molar-refractivity contribution in [2.45, 2.75) is 32.3 Å². The Morgan fingerprint density at radius 2 is 2.32 bits per heavy atom. The summed E-state index contributed by atoms with van der Waals surface area (Å²) >= 11 is 5.92. The molecule has 0 saturated heterocycles. The second-order valence-electron chi connectivity index (χ2n) is 5.73. The molecule has 0 radical (unpaired) electrons. The van der Waals surface area contributed by atoms with Gasteiger partial charge in [0.05, 0.1) is 11.3 Å². The van der Waals surface area contributed by atoms with E-state index in [9.17, 15) is 9.90 Å². The molecule has 1 fully saturated rings. The maximum atomic E-state index is 12.8. The molecular weight excluding hydrogens is 260 g/mol. The summed E-state index contributed by atoms with van der Waals surface area (Å²) in [5.41, 5.74) is -1.01. The minimum absolute atomic E-state index is 0.0386. The van der Waals surface area contributed by atoms with Gasteiger partial charge in [-0.3, -0.25) is 4.79 Å². The third-order valence-electron chi connectivity index (χ3n) is 4.69. The lowest BCUT2D eigenvalue weighted by Crippen LogP contribution is -2.64. The zero-order valence-corrected chi connectivity index (χ0v) is 12.3. The highest BCUT2D eigenvalue weighted by Crippen LogP contribution is 2.56. The molecule has 19 heavy (non-hydrogen) atoms. The maximum absolute atomic E-state index is 12.8. The second kappa shape index (κ2) is 4.92. The molecule has 1 saturated carbocycles. The fraction of sp³-hybridized carbons (Fsp3) is 0.562. The Morgan fingerprint density at radius 1 is 1.63 bits per heavy atom. The van der Waals surface area contributed by atoms with Gasteiger partial charge in [-0.2, -0.15) is 0 Å². The van der Waals surface area contributed by atoms with Gasteiger partial charge >= 0.3 is 0 Å². The Hall–Kier alpha value is -0.860. The van der Waals surface area contributed by atoms with Crippen molar-refractivity contribution in [3.05, 3.63) is 36.5 Å². The number of hydrogen-bond acceptors (Lipinski definition) is 2. The molecular formula is C16H21ClO2. The van der Waals surface area contributed by atoms with Crippen LogP contribution in [0.25, 0.3) is 0 Å². The molecule has 3 rings (SSSR count). The van der Waals surface area contributed by atoms with Crippen LogP contribution < -0.4 is 0 Å².